The van der Waals surface area contributed by atoms with Crippen LogP contribution in [-0.2, 0) is 0 Å². The third kappa shape index (κ3) is 3.32. The van der Waals surface area contributed by atoms with Crippen LogP contribution in [0.2, 0.25) is 0 Å². The van der Waals surface area contributed by atoms with E-state index in [2.05, 4.69) is 27.7 Å². The minimum atomic E-state index is 0.893. The van der Waals surface area contributed by atoms with Gasteiger partial charge < -0.3 is 0 Å². The highest BCUT2D eigenvalue weighted by atomic mass is 14.3. The number of hydrogen-bond acceptors (Lipinski definition) is 0. The van der Waals surface area contributed by atoms with Crippen molar-refractivity contribution in [2.75, 3.05) is 0 Å². The molecule has 0 unspecified atom stereocenters. The van der Waals surface area contributed by atoms with E-state index < -0.39 is 0 Å². The molecule has 0 nitrogen and oxygen atoms in total. The zero-order chi connectivity index (χ0) is 9.84. The van der Waals surface area contributed by atoms with Gasteiger partial charge in [0.05, 0.1) is 0 Å². The normalized spacial score (nSPS) is 30.0. The van der Waals surface area contributed by atoms with E-state index in [1.807, 2.05) is 0 Å². The molecular weight excluding hydrogens is 156 g/mol. The maximum atomic E-state index is 2.41. The molecule has 0 aromatic heterocycles. The molecule has 0 bridgehead atoms. The van der Waals surface area contributed by atoms with Gasteiger partial charge in [-0.15, -0.1) is 0 Å². The molecule has 0 heteroatoms. The molecule has 0 saturated heterocycles. The van der Waals surface area contributed by atoms with Crippen molar-refractivity contribution >= 4 is 0 Å². The standard InChI is InChI=1S/C13H26/c1-10(2)9-12-7-5-6-8-13(12)11(3)4/h10-13H,5-9H2,1-4H3/t12-,13-/m1/s1. The Bertz CT molecular complexity index is 135. The second-order valence-electron chi connectivity index (χ2n) is 5.58. The lowest BCUT2D eigenvalue weighted by Gasteiger charge is -2.35. The molecule has 0 amide bonds. The molecule has 78 valence electrons. The lowest BCUT2D eigenvalue weighted by molar-refractivity contribution is 0.156. The lowest BCUT2D eigenvalue weighted by Crippen LogP contribution is -2.25. The monoisotopic (exact) mass is 182 g/mol. The van der Waals surface area contributed by atoms with Crippen molar-refractivity contribution in [1.82, 2.24) is 0 Å². The van der Waals surface area contributed by atoms with Crippen molar-refractivity contribution in [3.8, 4) is 0 Å². The third-order valence-electron chi connectivity index (χ3n) is 3.60. The van der Waals surface area contributed by atoms with E-state index in [0.29, 0.717) is 0 Å². The highest BCUT2D eigenvalue weighted by Gasteiger charge is 2.27. The average molecular weight is 182 g/mol. The second kappa shape index (κ2) is 5.02. The van der Waals surface area contributed by atoms with E-state index in [0.717, 1.165) is 23.7 Å². The molecule has 0 heterocycles. The minimum Gasteiger partial charge on any atom is -0.0628 e. The van der Waals surface area contributed by atoms with Crippen molar-refractivity contribution in [2.45, 2.75) is 59.8 Å². The Morgan fingerprint density at radius 2 is 1.62 bits per heavy atom. The summed E-state index contributed by atoms with van der Waals surface area (Å²) in [6, 6.07) is 0. The quantitative estimate of drug-likeness (QED) is 0.603. The summed E-state index contributed by atoms with van der Waals surface area (Å²) in [5.41, 5.74) is 0. The highest BCUT2D eigenvalue weighted by molar-refractivity contribution is 4.78. The van der Waals surface area contributed by atoms with Gasteiger partial charge in [-0.05, 0) is 36.5 Å². The minimum absolute atomic E-state index is 0.893. The van der Waals surface area contributed by atoms with E-state index in [1.54, 1.807) is 0 Å². The van der Waals surface area contributed by atoms with Crippen LogP contribution in [-0.4, -0.2) is 0 Å². The van der Waals surface area contributed by atoms with Crippen LogP contribution < -0.4 is 0 Å². The van der Waals surface area contributed by atoms with Crippen LogP contribution in [0, 0.1) is 23.7 Å². The van der Waals surface area contributed by atoms with Gasteiger partial charge in [0.2, 0.25) is 0 Å². The average Bonchev–Trinajstić information content (AvgIpc) is 2.03. The van der Waals surface area contributed by atoms with Crippen LogP contribution in [0.1, 0.15) is 59.8 Å². The first-order chi connectivity index (χ1) is 6.11. The Morgan fingerprint density at radius 1 is 1.00 bits per heavy atom. The second-order valence-corrected chi connectivity index (χ2v) is 5.58. The molecule has 0 radical (unpaired) electrons. The summed E-state index contributed by atoms with van der Waals surface area (Å²) in [7, 11) is 0. The van der Waals surface area contributed by atoms with E-state index in [9.17, 15) is 0 Å². The van der Waals surface area contributed by atoms with Crippen molar-refractivity contribution < 1.29 is 0 Å². The fraction of sp³-hybridized carbons (Fsp3) is 1.00. The molecule has 1 rings (SSSR count). The van der Waals surface area contributed by atoms with Gasteiger partial charge in [0.15, 0.2) is 0 Å². The van der Waals surface area contributed by atoms with Crippen molar-refractivity contribution in [1.29, 1.82) is 0 Å². The van der Waals surface area contributed by atoms with Gasteiger partial charge in [-0.25, -0.2) is 0 Å². The Morgan fingerprint density at radius 3 is 2.15 bits per heavy atom. The molecule has 1 fully saturated rings. The molecular formula is C13H26. The predicted molar refractivity (Wildman–Crippen MR) is 59.7 cm³/mol. The Hall–Kier alpha value is 0. The van der Waals surface area contributed by atoms with Crippen LogP contribution in [0.15, 0.2) is 0 Å². The third-order valence-corrected chi connectivity index (χ3v) is 3.60. The fourth-order valence-electron chi connectivity index (χ4n) is 3.01. The molecule has 0 aromatic rings. The number of rotatable bonds is 3. The van der Waals surface area contributed by atoms with Gasteiger partial charge >= 0.3 is 0 Å². The summed E-state index contributed by atoms with van der Waals surface area (Å²) < 4.78 is 0. The van der Waals surface area contributed by atoms with E-state index >= 15 is 0 Å². The molecule has 0 aromatic carbocycles. The molecule has 1 aliphatic carbocycles. The predicted octanol–water partition coefficient (Wildman–Crippen LogP) is 4.49. The maximum Gasteiger partial charge on any atom is -0.0363 e. The van der Waals surface area contributed by atoms with Crippen LogP contribution in [0.5, 0.6) is 0 Å². The molecule has 0 spiro atoms. The summed E-state index contributed by atoms with van der Waals surface area (Å²) in [5, 5.41) is 0. The van der Waals surface area contributed by atoms with Gasteiger partial charge in [0.25, 0.3) is 0 Å². The Labute approximate surface area is 84.1 Å². The van der Waals surface area contributed by atoms with E-state index in [-0.39, 0.29) is 0 Å². The summed E-state index contributed by atoms with van der Waals surface area (Å²) >= 11 is 0. The van der Waals surface area contributed by atoms with Gasteiger partial charge in [-0.3, -0.25) is 0 Å². The zero-order valence-corrected chi connectivity index (χ0v) is 9.84. The van der Waals surface area contributed by atoms with Crippen LogP contribution in [0.3, 0.4) is 0 Å². The van der Waals surface area contributed by atoms with Crippen molar-refractivity contribution in [3.63, 3.8) is 0 Å². The molecule has 0 aliphatic heterocycles. The molecule has 1 saturated carbocycles. The summed E-state index contributed by atoms with van der Waals surface area (Å²) in [6.07, 6.45) is 7.43. The smallest absolute Gasteiger partial charge is 0.0363 e. The van der Waals surface area contributed by atoms with E-state index in [1.165, 1.54) is 32.1 Å². The Kier molecular flexibility index (Phi) is 4.28. The van der Waals surface area contributed by atoms with Gasteiger partial charge in [0.1, 0.15) is 0 Å². The first kappa shape index (κ1) is 11.1. The summed E-state index contributed by atoms with van der Waals surface area (Å²) in [4.78, 5) is 0. The van der Waals surface area contributed by atoms with Gasteiger partial charge in [-0.2, -0.15) is 0 Å². The Balaban J connectivity index is 2.46. The largest absolute Gasteiger partial charge is 0.0628 e. The zero-order valence-electron chi connectivity index (χ0n) is 9.84. The van der Waals surface area contributed by atoms with Gasteiger partial charge in [0, 0.05) is 0 Å². The maximum absolute atomic E-state index is 2.41. The SMILES string of the molecule is CC(C)C[C@H]1CCCC[C@@H]1C(C)C. The molecule has 1 aliphatic rings. The fourth-order valence-corrected chi connectivity index (χ4v) is 3.01. The highest BCUT2D eigenvalue weighted by Crippen LogP contribution is 2.38. The topological polar surface area (TPSA) is 0 Å². The number of hydrogen-bond donors (Lipinski definition) is 0. The van der Waals surface area contributed by atoms with Crippen LogP contribution in [0.25, 0.3) is 0 Å². The van der Waals surface area contributed by atoms with Crippen molar-refractivity contribution in [3.05, 3.63) is 0 Å². The van der Waals surface area contributed by atoms with Gasteiger partial charge in [-0.1, -0.05) is 47.0 Å². The van der Waals surface area contributed by atoms with E-state index in [4.69, 9.17) is 0 Å². The first-order valence-corrected chi connectivity index (χ1v) is 6.11. The summed E-state index contributed by atoms with van der Waals surface area (Å²) in [6.45, 7) is 9.55. The molecule has 2 atom stereocenters. The first-order valence-electron chi connectivity index (χ1n) is 6.11. The van der Waals surface area contributed by atoms with Crippen molar-refractivity contribution in [2.24, 2.45) is 23.7 Å². The lowest BCUT2D eigenvalue weighted by atomic mass is 9.71. The molecule has 13 heavy (non-hydrogen) atoms. The summed E-state index contributed by atoms with van der Waals surface area (Å²) in [5.74, 6) is 3.86. The molecule has 0 N–H and O–H groups in total. The van der Waals surface area contributed by atoms with Crippen LogP contribution in [0.4, 0.5) is 0 Å². The van der Waals surface area contributed by atoms with Crippen LogP contribution >= 0.6 is 0 Å².